The molecule has 2 saturated heterocycles. The summed E-state index contributed by atoms with van der Waals surface area (Å²) in [6.07, 6.45) is -0.0151. The summed E-state index contributed by atoms with van der Waals surface area (Å²) in [7, 11) is -0.107. The Balaban J connectivity index is 0.957. The van der Waals surface area contributed by atoms with E-state index in [0.29, 0.717) is 30.5 Å². The number of aromatic nitrogens is 7. The Morgan fingerprint density at radius 3 is 2.36 bits per heavy atom. The Bertz CT molecular complexity index is 2560. The third kappa shape index (κ3) is 11.3. The number of anilines is 2. The highest BCUT2D eigenvalue weighted by Crippen LogP contribution is 2.46. The molecule has 21 nitrogen and oxygen atoms in total. The van der Waals surface area contributed by atoms with Crippen LogP contribution in [0.15, 0.2) is 76.8 Å². The minimum atomic E-state index is -1.66. The second-order valence-corrected chi connectivity index (χ2v) is 17.4. The number of amides is 2. The fraction of sp³-hybridized carbons (Fsp3) is 0.452. The van der Waals surface area contributed by atoms with Crippen molar-refractivity contribution in [3.63, 3.8) is 0 Å². The van der Waals surface area contributed by atoms with Crippen molar-refractivity contribution in [3.8, 4) is 17.6 Å². The summed E-state index contributed by atoms with van der Waals surface area (Å²) >= 11 is 0. The second-order valence-electron chi connectivity index (χ2n) is 15.9. The van der Waals surface area contributed by atoms with Crippen LogP contribution in [-0.2, 0) is 33.5 Å². The molecule has 2 aliphatic heterocycles. The molecule has 3 N–H and O–H groups in total. The van der Waals surface area contributed by atoms with E-state index in [1.54, 1.807) is 54.1 Å². The van der Waals surface area contributed by atoms with E-state index in [4.69, 9.17) is 32.7 Å². The van der Waals surface area contributed by atoms with Crippen LogP contribution >= 0.6 is 8.38 Å². The van der Waals surface area contributed by atoms with Gasteiger partial charge >= 0.3 is 11.8 Å². The zero-order valence-electron chi connectivity index (χ0n) is 35.8. The largest absolute Gasteiger partial charge is 0.484 e. The number of aromatic amines is 1. The molecule has 2 aliphatic rings. The summed E-state index contributed by atoms with van der Waals surface area (Å²) in [5.74, 6) is -0.0318. The number of H-pyrrole nitrogens is 1. The number of benzene rings is 2. The molecule has 5 heterocycles. The van der Waals surface area contributed by atoms with Gasteiger partial charge in [-0.15, -0.1) is 0 Å². The molecule has 1 unspecified atom stereocenters. The van der Waals surface area contributed by atoms with Gasteiger partial charge in [0.05, 0.1) is 37.3 Å². The van der Waals surface area contributed by atoms with Crippen molar-refractivity contribution in [1.29, 1.82) is 5.26 Å². The number of imidazole rings is 1. The molecule has 0 spiro atoms. The fourth-order valence-electron chi connectivity index (χ4n) is 7.09. The minimum Gasteiger partial charge on any atom is -0.484 e. The van der Waals surface area contributed by atoms with Gasteiger partial charge in [-0.3, -0.25) is 34.3 Å². The molecule has 0 radical (unpaired) electrons. The van der Waals surface area contributed by atoms with Crippen molar-refractivity contribution in [3.05, 3.63) is 93.7 Å². The van der Waals surface area contributed by atoms with Gasteiger partial charge in [0, 0.05) is 32.5 Å². The molecule has 2 fully saturated rings. The maximum atomic E-state index is 13.1. The molecule has 22 heteroatoms. The highest BCUT2D eigenvalue weighted by molar-refractivity contribution is 7.47. The lowest BCUT2D eigenvalue weighted by atomic mass is 9.87. The van der Waals surface area contributed by atoms with Crippen LogP contribution in [0.1, 0.15) is 71.4 Å². The van der Waals surface area contributed by atoms with E-state index in [9.17, 15) is 24.4 Å². The number of carbonyl (C=O) groups excluding carboxylic acids is 2. The molecular weight excluding hydrogens is 851 g/mol. The number of nitrogens with one attached hydrogen (secondary N) is 3. The predicted octanol–water partition coefficient (Wildman–Crippen LogP) is 5.32. The van der Waals surface area contributed by atoms with Gasteiger partial charge in [-0.1, -0.05) is 58.0 Å². The van der Waals surface area contributed by atoms with Gasteiger partial charge in [-0.05, 0) is 41.7 Å². The molecule has 0 aliphatic carbocycles. The number of para-hydroxylation sites is 1. The number of ether oxygens (including phenoxy) is 5. The number of nitriles is 1. The summed E-state index contributed by atoms with van der Waals surface area (Å²) in [6, 6.07) is 18.0. The van der Waals surface area contributed by atoms with Crippen molar-refractivity contribution in [2.24, 2.45) is 0 Å². The maximum Gasteiger partial charge on any atom is 0.419 e. The van der Waals surface area contributed by atoms with Gasteiger partial charge in [0.15, 0.2) is 26.1 Å². The Morgan fingerprint density at radius 2 is 1.66 bits per heavy atom. The van der Waals surface area contributed by atoms with Crippen LogP contribution in [0.25, 0.3) is 11.2 Å². The van der Waals surface area contributed by atoms with E-state index >= 15 is 0 Å². The molecule has 0 saturated carbocycles. The third-order valence-corrected chi connectivity index (χ3v) is 11.9. The Labute approximate surface area is 368 Å². The van der Waals surface area contributed by atoms with Crippen LogP contribution in [0.3, 0.4) is 0 Å². The van der Waals surface area contributed by atoms with Crippen LogP contribution in [0, 0.1) is 11.3 Å². The lowest BCUT2D eigenvalue weighted by Crippen LogP contribution is -2.30. The van der Waals surface area contributed by atoms with Gasteiger partial charge in [-0.25, -0.2) is 19.6 Å². The van der Waals surface area contributed by atoms with Crippen molar-refractivity contribution in [2.75, 3.05) is 37.1 Å². The van der Waals surface area contributed by atoms with E-state index in [2.05, 4.69) is 62.4 Å². The normalized spacial score (nSPS) is 21.3. The fourth-order valence-corrected chi connectivity index (χ4v) is 8.50. The first-order chi connectivity index (χ1) is 30.8. The molecule has 0 bridgehead atoms. The maximum absolute atomic E-state index is 13.1. The first-order valence-corrected chi connectivity index (χ1v) is 21.9. The van der Waals surface area contributed by atoms with Crippen LogP contribution < -0.4 is 31.4 Å². The summed E-state index contributed by atoms with van der Waals surface area (Å²) in [5.41, 5.74) is 0.0579. The number of methoxy groups -OCH3 is 1. The summed E-state index contributed by atoms with van der Waals surface area (Å²) in [5, 5.41) is 14.4. The van der Waals surface area contributed by atoms with Crippen molar-refractivity contribution in [2.45, 2.75) is 95.7 Å². The summed E-state index contributed by atoms with van der Waals surface area (Å²) in [4.78, 5) is 70.5. The average Bonchev–Trinajstić information content (AvgIpc) is 4.01. The van der Waals surface area contributed by atoms with Crippen LogP contribution in [-0.4, -0.2) is 97.0 Å². The number of hydrogen-bond donors (Lipinski definition) is 3. The standard InChI is InChI=1S/C42H49N10O11P/c1-6-28-30(20-34(61-28)52-24-45-38(49-40(52)55)50-41(56)60-27-11-8-7-9-12-27)63-64(18-10-17-43)59-21-31-29(57-5)19-33(62-31)51-23-44-35-36(51)47-39(48-37(35)54)46-32(53)22-58-26-15-13-25(14-16-26)42(2,3)4/h7-9,11-16,23-24,28-31,33-34H,6,10,18-22H2,1-5H3,(H,49,50,55,56)(H2,46,47,48,53,54)/t28-,29-,30-,31-,33-,34-,64?/m1/s1. The highest BCUT2D eigenvalue weighted by Gasteiger charge is 2.41. The number of nitrogens with zero attached hydrogens (tertiary/aromatic N) is 7. The first kappa shape index (κ1) is 45.9. The van der Waals surface area contributed by atoms with E-state index in [0.717, 1.165) is 5.56 Å². The summed E-state index contributed by atoms with van der Waals surface area (Å²) in [6.45, 7) is 7.96. The van der Waals surface area contributed by atoms with Gasteiger partial charge < -0.3 is 32.7 Å². The smallest absolute Gasteiger partial charge is 0.419 e. The van der Waals surface area contributed by atoms with Crippen LogP contribution in [0.4, 0.5) is 16.7 Å². The Hall–Kier alpha value is -6.14. The van der Waals surface area contributed by atoms with Gasteiger partial charge in [0.1, 0.15) is 36.4 Å². The molecule has 2 aromatic carbocycles. The third-order valence-electron chi connectivity index (χ3n) is 10.4. The number of hydrogen-bond acceptors (Lipinski definition) is 16. The quantitative estimate of drug-likeness (QED) is 0.0997. The molecular formula is C42H49N10O11P. The van der Waals surface area contributed by atoms with Crippen molar-refractivity contribution < 1.29 is 42.3 Å². The van der Waals surface area contributed by atoms with E-state index < -0.39 is 68.5 Å². The minimum absolute atomic E-state index is 0.0301. The summed E-state index contributed by atoms with van der Waals surface area (Å²) < 4.78 is 44.8. The van der Waals surface area contributed by atoms with E-state index in [1.165, 1.54) is 17.2 Å². The molecule has 2 amide bonds. The lowest BCUT2D eigenvalue weighted by molar-refractivity contribution is -0.118. The molecule has 338 valence electrons. The molecule has 7 rings (SSSR count). The number of carbonyl (C=O) groups is 2. The Kier molecular flexibility index (Phi) is 14.7. The first-order valence-electron chi connectivity index (χ1n) is 20.6. The number of rotatable bonds is 17. The van der Waals surface area contributed by atoms with Gasteiger partial charge in [0.2, 0.25) is 11.9 Å². The SMILES string of the molecule is CC[C@H]1O[C@@H](n2cnc(NC(=O)Oc3ccccc3)nc2=O)C[C@H]1OP(CCC#N)OC[C@H]1O[C@@H](n2cnc3c(=O)[nH]c(NC(=O)COc4ccc(C(C)(C)C)cc4)nc32)C[C@H]1OC. The van der Waals surface area contributed by atoms with E-state index in [1.807, 2.05) is 19.1 Å². The topological polar surface area (TPSA) is 258 Å². The van der Waals surface area contributed by atoms with Gasteiger partial charge in [0.25, 0.3) is 11.5 Å². The van der Waals surface area contributed by atoms with Crippen molar-refractivity contribution >= 4 is 43.4 Å². The number of fused-ring (bicyclic) bond motifs is 1. The molecule has 64 heavy (non-hydrogen) atoms. The average molecular weight is 901 g/mol. The lowest BCUT2D eigenvalue weighted by Gasteiger charge is -2.25. The predicted molar refractivity (Wildman–Crippen MR) is 231 cm³/mol. The molecule has 7 atom stereocenters. The molecule has 5 aromatic rings. The zero-order valence-corrected chi connectivity index (χ0v) is 36.7. The van der Waals surface area contributed by atoms with Crippen molar-refractivity contribution in [1.82, 2.24) is 34.1 Å². The van der Waals surface area contributed by atoms with Crippen LogP contribution in [0.2, 0.25) is 0 Å². The highest BCUT2D eigenvalue weighted by atomic mass is 31.2. The zero-order chi connectivity index (χ0) is 45.4. The second kappa shape index (κ2) is 20.6. The van der Waals surface area contributed by atoms with Gasteiger partial charge in [-0.2, -0.15) is 15.2 Å². The van der Waals surface area contributed by atoms with Crippen LogP contribution in [0.5, 0.6) is 11.5 Å². The van der Waals surface area contributed by atoms with E-state index in [-0.39, 0.29) is 54.5 Å². The monoisotopic (exact) mass is 900 g/mol. The molecule has 3 aromatic heterocycles. The Morgan fingerprint density at radius 1 is 0.938 bits per heavy atom.